The molecule has 2 aromatic rings. The minimum atomic E-state index is -0.892. The average molecular weight is 483 g/mol. The highest BCUT2D eigenvalue weighted by Crippen LogP contribution is 2.27. The SMILES string of the molecule is COc1ccc(CCNC(=O)C(=O)N/N=C\c2ccccc2OCC(=O)N2CCCC2)cc1OC. The number of nitrogens with one attached hydrogen (secondary N) is 2. The van der Waals surface area contributed by atoms with Gasteiger partial charge in [0, 0.05) is 25.2 Å². The van der Waals surface area contributed by atoms with E-state index in [-0.39, 0.29) is 19.1 Å². The summed E-state index contributed by atoms with van der Waals surface area (Å²) >= 11 is 0. The highest BCUT2D eigenvalue weighted by molar-refractivity contribution is 6.35. The highest BCUT2D eigenvalue weighted by atomic mass is 16.5. The van der Waals surface area contributed by atoms with E-state index in [1.807, 2.05) is 12.1 Å². The van der Waals surface area contributed by atoms with Crippen molar-refractivity contribution in [2.75, 3.05) is 40.5 Å². The Bertz CT molecular complexity index is 1070. The summed E-state index contributed by atoms with van der Waals surface area (Å²) < 4.78 is 16.1. The van der Waals surface area contributed by atoms with Crippen LogP contribution in [0.4, 0.5) is 0 Å². The first-order valence-electron chi connectivity index (χ1n) is 11.3. The Labute approximate surface area is 204 Å². The van der Waals surface area contributed by atoms with E-state index in [2.05, 4.69) is 15.8 Å². The molecule has 0 saturated carbocycles. The zero-order valence-electron chi connectivity index (χ0n) is 19.9. The van der Waals surface area contributed by atoms with Crippen molar-refractivity contribution in [3.8, 4) is 17.2 Å². The van der Waals surface area contributed by atoms with Crippen LogP contribution in [-0.2, 0) is 20.8 Å². The number of nitrogens with zero attached hydrogens (tertiary/aromatic N) is 2. The molecule has 0 aliphatic carbocycles. The molecule has 1 saturated heterocycles. The van der Waals surface area contributed by atoms with Crippen LogP contribution in [0.2, 0.25) is 0 Å². The molecule has 186 valence electrons. The summed E-state index contributed by atoms with van der Waals surface area (Å²) in [6, 6.07) is 12.4. The number of para-hydroxylation sites is 1. The standard InChI is InChI=1S/C25H30N4O6/c1-33-21-10-9-18(15-22(21)34-2)11-12-26-24(31)25(32)28-27-16-19-7-3-4-8-20(19)35-17-23(30)29-13-5-6-14-29/h3-4,7-10,15-16H,5-6,11-14,17H2,1-2H3,(H,26,31)(H,28,32)/b27-16-. The van der Waals surface area contributed by atoms with Gasteiger partial charge < -0.3 is 24.4 Å². The number of methoxy groups -OCH3 is 2. The first-order chi connectivity index (χ1) is 17.0. The summed E-state index contributed by atoms with van der Waals surface area (Å²) in [5, 5.41) is 6.40. The Morgan fingerprint density at radius 1 is 0.971 bits per heavy atom. The molecule has 10 nitrogen and oxygen atoms in total. The van der Waals surface area contributed by atoms with Crippen molar-refractivity contribution < 1.29 is 28.6 Å². The van der Waals surface area contributed by atoms with Crippen molar-refractivity contribution in [2.45, 2.75) is 19.3 Å². The molecule has 0 unspecified atom stereocenters. The maximum Gasteiger partial charge on any atom is 0.329 e. The predicted molar refractivity (Wildman–Crippen MR) is 130 cm³/mol. The number of hydrogen-bond acceptors (Lipinski definition) is 7. The lowest BCUT2D eigenvalue weighted by Crippen LogP contribution is -2.38. The summed E-state index contributed by atoms with van der Waals surface area (Å²) in [6.07, 6.45) is 3.89. The van der Waals surface area contributed by atoms with Gasteiger partial charge in [0.15, 0.2) is 18.1 Å². The normalized spacial score (nSPS) is 12.9. The molecule has 0 spiro atoms. The van der Waals surface area contributed by atoms with Crippen LogP contribution in [-0.4, -0.2) is 69.3 Å². The van der Waals surface area contributed by atoms with Crippen molar-refractivity contribution in [1.29, 1.82) is 0 Å². The molecular weight excluding hydrogens is 452 g/mol. The lowest BCUT2D eigenvalue weighted by Gasteiger charge is -2.16. The van der Waals surface area contributed by atoms with Crippen LogP contribution in [0.15, 0.2) is 47.6 Å². The van der Waals surface area contributed by atoms with Crippen LogP contribution in [0.5, 0.6) is 17.2 Å². The highest BCUT2D eigenvalue weighted by Gasteiger charge is 2.18. The Morgan fingerprint density at radius 2 is 1.71 bits per heavy atom. The van der Waals surface area contributed by atoms with Gasteiger partial charge >= 0.3 is 11.8 Å². The van der Waals surface area contributed by atoms with Gasteiger partial charge in [0.1, 0.15) is 5.75 Å². The number of ether oxygens (including phenoxy) is 3. The summed E-state index contributed by atoms with van der Waals surface area (Å²) in [6.45, 7) is 1.70. The number of hydrazone groups is 1. The molecule has 3 amide bonds. The van der Waals surface area contributed by atoms with Gasteiger partial charge in [0.25, 0.3) is 5.91 Å². The third-order valence-corrected chi connectivity index (χ3v) is 5.45. The zero-order chi connectivity index (χ0) is 25.0. The molecule has 1 heterocycles. The van der Waals surface area contributed by atoms with E-state index < -0.39 is 11.8 Å². The fourth-order valence-electron chi connectivity index (χ4n) is 3.56. The van der Waals surface area contributed by atoms with Gasteiger partial charge in [0.2, 0.25) is 0 Å². The number of carbonyl (C=O) groups is 3. The van der Waals surface area contributed by atoms with E-state index in [0.29, 0.717) is 29.2 Å². The van der Waals surface area contributed by atoms with Crippen molar-refractivity contribution in [3.05, 3.63) is 53.6 Å². The molecule has 1 aliphatic rings. The molecule has 1 aliphatic heterocycles. The van der Waals surface area contributed by atoms with Gasteiger partial charge in [-0.25, -0.2) is 5.43 Å². The van der Waals surface area contributed by atoms with Crippen LogP contribution < -0.4 is 25.0 Å². The Hall–Kier alpha value is -4.08. The number of rotatable bonds is 10. The Kier molecular flexibility index (Phi) is 9.47. The first-order valence-corrected chi connectivity index (χ1v) is 11.3. The molecule has 0 atom stereocenters. The summed E-state index contributed by atoms with van der Waals surface area (Å²) in [4.78, 5) is 38.1. The molecule has 35 heavy (non-hydrogen) atoms. The molecule has 0 aromatic heterocycles. The van der Waals surface area contributed by atoms with E-state index in [4.69, 9.17) is 14.2 Å². The van der Waals surface area contributed by atoms with Crippen LogP contribution >= 0.6 is 0 Å². The Morgan fingerprint density at radius 3 is 2.46 bits per heavy atom. The fraction of sp³-hybridized carbons (Fsp3) is 0.360. The molecule has 1 fully saturated rings. The van der Waals surface area contributed by atoms with E-state index in [1.54, 1.807) is 49.5 Å². The van der Waals surface area contributed by atoms with E-state index in [9.17, 15) is 14.4 Å². The molecule has 2 N–H and O–H groups in total. The van der Waals surface area contributed by atoms with Crippen molar-refractivity contribution in [1.82, 2.24) is 15.6 Å². The topological polar surface area (TPSA) is 119 Å². The maximum atomic E-state index is 12.2. The van der Waals surface area contributed by atoms with Gasteiger partial charge in [-0.3, -0.25) is 14.4 Å². The van der Waals surface area contributed by atoms with Crippen LogP contribution in [0.1, 0.15) is 24.0 Å². The predicted octanol–water partition coefficient (Wildman–Crippen LogP) is 1.51. The molecule has 0 radical (unpaired) electrons. The quantitative estimate of drug-likeness (QED) is 0.301. The van der Waals surface area contributed by atoms with Gasteiger partial charge in [-0.2, -0.15) is 5.10 Å². The summed E-state index contributed by atoms with van der Waals surface area (Å²) in [5.74, 6) is -0.0972. The summed E-state index contributed by atoms with van der Waals surface area (Å²) in [7, 11) is 3.11. The van der Waals surface area contributed by atoms with Crippen LogP contribution in [0.3, 0.4) is 0 Å². The number of benzene rings is 2. The molecule has 10 heteroatoms. The first kappa shape index (κ1) is 25.5. The average Bonchev–Trinajstić information content (AvgIpc) is 3.43. The minimum Gasteiger partial charge on any atom is -0.493 e. The summed E-state index contributed by atoms with van der Waals surface area (Å²) in [5.41, 5.74) is 3.68. The Balaban J connectivity index is 1.45. The second-order valence-corrected chi connectivity index (χ2v) is 7.81. The number of hydrogen-bond donors (Lipinski definition) is 2. The monoisotopic (exact) mass is 482 g/mol. The second-order valence-electron chi connectivity index (χ2n) is 7.81. The number of carbonyl (C=O) groups excluding carboxylic acids is 3. The van der Waals surface area contributed by atoms with Crippen LogP contribution in [0.25, 0.3) is 0 Å². The third kappa shape index (κ3) is 7.46. The molecule has 3 rings (SSSR count). The lowest BCUT2D eigenvalue weighted by molar-refractivity contribution is -0.139. The van der Waals surface area contributed by atoms with Crippen molar-refractivity contribution in [2.24, 2.45) is 5.10 Å². The second kappa shape index (κ2) is 13.0. The van der Waals surface area contributed by atoms with E-state index >= 15 is 0 Å². The van der Waals surface area contributed by atoms with Gasteiger partial charge in [0.05, 0.1) is 20.4 Å². The van der Waals surface area contributed by atoms with Gasteiger partial charge in [-0.15, -0.1) is 0 Å². The molecular formula is C25H30N4O6. The molecule has 2 aromatic carbocycles. The zero-order valence-corrected chi connectivity index (χ0v) is 19.9. The fourth-order valence-corrected chi connectivity index (χ4v) is 3.56. The number of likely N-dealkylation sites (tertiary alicyclic amines) is 1. The third-order valence-electron chi connectivity index (χ3n) is 5.45. The lowest BCUT2D eigenvalue weighted by atomic mass is 10.1. The minimum absolute atomic E-state index is 0.0627. The van der Waals surface area contributed by atoms with Gasteiger partial charge in [-0.05, 0) is 49.1 Å². The van der Waals surface area contributed by atoms with Crippen LogP contribution in [0, 0.1) is 0 Å². The van der Waals surface area contributed by atoms with Crippen molar-refractivity contribution in [3.63, 3.8) is 0 Å². The van der Waals surface area contributed by atoms with E-state index in [0.717, 1.165) is 31.5 Å². The molecule has 0 bridgehead atoms. The van der Waals surface area contributed by atoms with Gasteiger partial charge in [-0.1, -0.05) is 18.2 Å². The maximum absolute atomic E-state index is 12.2. The largest absolute Gasteiger partial charge is 0.493 e. The smallest absolute Gasteiger partial charge is 0.329 e. The number of amides is 3. The van der Waals surface area contributed by atoms with Crippen molar-refractivity contribution >= 4 is 23.9 Å². The van der Waals surface area contributed by atoms with E-state index in [1.165, 1.54) is 6.21 Å².